The number of aromatic nitrogens is 2. The Kier molecular flexibility index (Phi) is 2.75. The molecule has 1 fully saturated rings. The molecule has 2 rings (SSSR count). The Morgan fingerprint density at radius 1 is 1.62 bits per heavy atom. The number of rotatable bonds is 5. The highest BCUT2D eigenvalue weighted by Crippen LogP contribution is 2.32. The predicted octanol–water partition coefficient (Wildman–Crippen LogP) is 0.856. The van der Waals surface area contributed by atoms with Gasteiger partial charge in [-0.15, -0.1) is 10.2 Å². The average Bonchev–Trinajstić information content (AvgIpc) is 2.82. The molecule has 0 aliphatic heterocycles. The van der Waals surface area contributed by atoms with Crippen LogP contribution in [0, 0.1) is 0 Å². The second-order valence-electron chi connectivity index (χ2n) is 3.29. The van der Waals surface area contributed by atoms with E-state index in [2.05, 4.69) is 15.1 Å². The minimum Gasteiger partial charge on any atom is -0.344 e. The van der Waals surface area contributed by atoms with E-state index in [-0.39, 0.29) is 0 Å². The summed E-state index contributed by atoms with van der Waals surface area (Å²) in [6.07, 6.45) is 3.63. The first-order valence-corrected chi connectivity index (χ1v) is 5.52. The van der Waals surface area contributed by atoms with E-state index >= 15 is 0 Å². The molecule has 4 nitrogen and oxygen atoms in total. The monoisotopic (exact) mass is 198 g/mol. The van der Waals surface area contributed by atoms with Crippen LogP contribution in [0.25, 0.3) is 0 Å². The summed E-state index contributed by atoms with van der Waals surface area (Å²) >= 11 is 1.61. The van der Waals surface area contributed by atoms with E-state index in [1.54, 1.807) is 16.8 Å². The van der Waals surface area contributed by atoms with E-state index in [0.717, 1.165) is 24.6 Å². The molecule has 0 amide bonds. The van der Waals surface area contributed by atoms with Crippen molar-refractivity contribution in [1.29, 1.82) is 0 Å². The van der Waals surface area contributed by atoms with Crippen molar-refractivity contribution >= 4 is 16.5 Å². The molecule has 72 valence electrons. The Bertz CT molecular complexity index is 245. The van der Waals surface area contributed by atoms with Crippen molar-refractivity contribution in [2.45, 2.75) is 25.3 Å². The molecule has 2 N–H and O–H groups in total. The summed E-state index contributed by atoms with van der Waals surface area (Å²) in [5, 5.41) is 8.99. The summed E-state index contributed by atoms with van der Waals surface area (Å²) in [6.45, 7) is 1.78. The first-order chi connectivity index (χ1) is 6.42. The lowest BCUT2D eigenvalue weighted by Crippen LogP contribution is -2.28. The highest BCUT2D eigenvalue weighted by molar-refractivity contribution is 7.13. The SMILES string of the molecule is NCCCN(c1nncs1)C1CC1. The van der Waals surface area contributed by atoms with Gasteiger partial charge in [-0.05, 0) is 25.8 Å². The molecule has 0 aromatic carbocycles. The van der Waals surface area contributed by atoms with E-state index in [9.17, 15) is 0 Å². The van der Waals surface area contributed by atoms with E-state index < -0.39 is 0 Å². The Morgan fingerprint density at radius 3 is 3.00 bits per heavy atom. The van der Waals surface area contributed by atoms with E-state index in [1.165, 1.54) is 12.8 Å². The molecule has 1 aliphatic carbocycles. The van der Waals surface area contributed by atoms with Crippen LogP contribution in [0.2, 0.25) is 0 Å². The van der Waals surface area contributed by atoms with Gasteiger partial charge in [0, 0.05) is 12.6 Å². The van der Waals surface area contributed by atoms with Crippen molar-refractivity contribution in [2.24, 2.45) is 5.73 Å². The molecule has 0 radical (unpaired) electrons. The van der Waals surface area contributed by atoms with Gasteiger partial charge in [0.15, 0.2) is 0 Å². The number of nitrogens with zero attached hydrogens (tertiary/aromatic N) is 3. The van der Waals surface area contributed by atoms with Gasteiger partial charge in [-0.25, -0.2) is 0 Å². The average molecular weight is 198 g/mol. The zero-order valence-electron chi connectivity index (χ0n) is 7.52. The third-order valence-corrected chi connectivity index (χ3v) is 2.91. The Morgan fingerprint density at radius 2 is 2.46 bits per heavy atom. The summed E-state index contributed by atoms with van der Waals surface area (Å²) in [5.41, 5.74) is 7.28. The molecule has 5 heteroatoms. The summed E-state index contributed by atoms with van der Waals surface area (Å²) in [7, 11) is 0. The lowest BCUT2D eigenvalue weighted by Gasteiger charge is -2.19. The Balaban J connectivity index is 1.97. The van der Waals surface area contributed by atoms with Crippen molar-refractivity contribution in [3.05, 3.63) is 5.51 Å². The molecule has 1 aromatic heterocycles. The molecule has 0 saturated heterocycles. The lowest BCUT2D eigenvalue weighted by atomic mass is 10.4. The molecule has 0 atom stereocenters. The zero-order valence-corrected chi connectivity index (χ0v) is 8.33. The first kappa shape index (κ1) is 8.90. The quantitative estimate of drug-likeness (QED) is 0.762. The van der Waals surface area contributed by atoms with Gasteiger partial charge in [0.05, 0.1) is 0 Å². The fraction of sp³-hybridized carbons (Fsp3) is 0.750. The molecule has 0 bridgehead atoms. The van der Waals surface area contributed by atoms with Crippen LogP contribution in [0.5, 0.6) is 0 Å². The van der Waals surface area contributed by atoms with Gasteiger partial charge in [-0.3, -0.25) is 0 Å². The third-order valence-electron chi connectivity index (χ3n) is 2.19. The van der Waals surface area contributed by atoms with Crippen LogP contribution in [0.1, 0.15) is 19.3 Å². The smallest absolute Gasteiger partial charge is 0.208 e. The fourth-order valence-corrected chi connectivity index (χ4v) is 2.03. The first-order valence-electron chi connectivity index (χ1n) is 4.64. The van der Waals surface area contributed by atoms with E-state index in [4.69, 9.17) is 5.73 Å². The van der Waals surface area contributed by atoms with Crippen LogP contribution in [-0.2, 0) is 0 Å². The van der Waals surface area contributed by atoms with Crippen molar-refractivity contribution in [1.82, 2.24) is 10.2 Å². The van der Waals surface area contributed by atoms with Crippen molar-refractivity contribution in [3.8, 4) is 0 Å². The zero-order chi connectivity index (χ0) is 9.10. The largest absolute Gasteiger partial charge is 0.344 e. The maximum absolute atomic E-state index is 5.49. The number of anilines is 1. The van der Waals surface area contributed by atoms with E-state index in [0.29, 0.717) is 6.04 Å². The molecule has 0 unspecified atom stereocenters. The van der Waals surface area contributed by atoms with Crippen LogP contribution in [0.4, 0.5) is 5.13 Å². The predicted molar refractivity (Wildman–Crippen MR) is 53.9 cm³/mol. The Labute approximate surface area is 81.8 Å². The molecule has 1 saturated carbocycles. The molecule has 1 aliphatic rings. The van der Waals surface area contributed by atoms with Crippen molar-refractivity contribution in [2.75, 3.05) is 18.0 Å². The maximum atomic E-state index is 5.49. The number of hydrogen-bond donors (Lipinski definition) is 1. The molecular formula is C8H14N4S. The van der Waals surface area contributed by atoms with Gasteiger partial charge >= 0.3 is 0 Å². The van der Waals surface area contributed by atoms with Gasteiger partial charge in [0.1, 0.15) is 5.51 Å². The van der Waals surface area contributed by atoms with Crippen LogP contribution < -0.4 is 10.6 Å². The highest BCUT2D eigenvalue weighted by Gasteiger charge is 2.30. The molecule has 1 heterocycles. The molecule has 0 spiro atoms. The van der Waals surface area contributed by atoms with Crippen LogP contribution >= 0.6 is 11.3 Å². The second kappa shape index (κ2) is 4.02. The number of hydrogen-bond acceptors (Lipinski definition) is 5. The summed E-state index contributed by atoms with van der Waals surface area (Å²) < 4.78 is 0. The van der Waals surface area contributed by atoms with Gasteiger partial charge in [0.2, 0.25) is 5.13 Å². The fourth-order valence-electron chi connectivity index (χ4n) is 1.37. The third kappa shape index (κ3) is 2.16. The van der Waals surface area contributed by atoms with E-state index in [1.807, 2.05) is 0 Å². The summed E-state index contributed by atoms with van der Waals surface area (Å²) in [4.78, 5) is 2.34. The summed E-state index contributed by atoms with van der Waals surface area (Å²) in [6, 6.07) is 0.708. The van der Waals surface area contributed by atoms with Crippen LogP contribution in [0.15, 0.2) is 5.51 Å². The lowest BCUT2D eigenvalue weighted by molar-refractivity contribution is 0.725. The molecule has 1 aromatic rings. The van der Waals surface area contributed by atoms with Crippen molar-refractivity contribution < 1.29 is 0 Å². The van der Waals surface area contributed by atoms with Gasteiger partial charge in [0.25, 0.3) is 0 Å². The van der Waals surface area contributed by atoms with Crippen LogP contribution in [0.3, 0.4) is 0 Å². The highest BCUT2D eigenvalue weighted by atomic mass is 32.1. The Hall–Kier alpha value is -0.680. The second-order valence-corrected chi connectivity index (χ2v) is 4.10. The van der Waals surface area contributed by atoms with Crippen LogP contribution in [-0.4, -0.2) is 29.3 Å². The van der Waals surface area contributed by atoms with Gasteiger partial charge < -0.3 is 10.6 Å². The van der Waals surface area contributed by atoms with Gasteiger partial charge in [-0.2, -0.15) is 0 Å². The minimum absolute atomic E-state index is 0.708. The molecular weight excluding hydrogens is 184 g/mol. The standard InChI is InChI=1S/C8H14N4S/c9-4-1-5-12(7-2-3-7)8-11-10-6-13-8/h6-7H,1-5,9H2. The van der Waals surface area contributed by atoms with Crippen molar-refractivity contribution in [3.63, 3.8) is 0 Å². The maximum Gasteiger partial charge on any atom is 0.208 e. The minimum atomic E-state index is 0.708. The topological polar surface area (TPSA) is 55.0 Å². The van der Waals surface area contributed by atoms with Gasteiger partial charge in [-0.1, -0.05) is 11.3 Å². The normalized spacial score (nSPS) is 16.1. The summed E-state index contributed by atoms with van der Waals surface area (Å²) in [5.74, 6) is 0. The number of nitrogens with two attached hydrogens (primary N) is 1. The molecule has 13 heavy (non-hydrogen) atoms.